The van der Waals surface area contributed by atoms with Gasteiger partial charge in [-0.3, -0.25) is 9.69 Å². The van der Waals surface area contributed by atoms with Gasteiger partial charge in [-0.1, -0.05) is 6.92 Å². The second-order valence-electron chi connectivity index (χ2n) is 6.63. The largest absolute Gasteiger partial charge is 0.342 e. The maximum absolute atomic E-state index is 14.0. The summed E-state index contributed by atoms with van der Waals surface area (Å²) in [5.74, 6) is -2.67. The summed E-state index contributed by atoms with van der Waals surface area (Å²) in [4.78, 5) is 15.8. The van der Waals surface area contributed by atoms with Crippen LogP contribution in [-0.2, 0) is 4.79 Å². The van der Waals surface area contributed by atoms with Crippen LogP contribution in [0.4, 0.5) is 8.78 Å². The van der Waals surface area contributed by atoms with Crippen LogP contribution >= 0.6 is 0 Å². The molecule has 3 fully saturated rings. The normalized spacial score (nSPS) is 37.1. The molecule has 0 spiro atoms. The fraction of sp³-hybridized carbons (Fsp3) is 0.933. The molecule has 0 aromatic rings. The lowest BCUT2D eigenvalue weighted by Crippen LogP contribution is -2.58. The van der Waals surface area contributed by atoms with Gasteiger partial charge in [0.25, 0.3) is 5.92 Å². The van der Waals surface area contributed by atoms with Gasteiger partial charge in [0.2, 0.25) is 5.91 Å². The molecular weight excluding hydrogens is 262 g/mol. The minimum absolute atomic E-state index is 0.0952. The molecular formula is C15H24F2N2O. The Bertz CT molecular complexity index is 378. The molecule has 2 heterocycles. The van der Waals surface area contributed by atoms with E-state index in [9.17, 15) is 13.6 Å². The van der Waals surface area contributed by atoms with Gasteiger partial charge in [-0.2, -0.15) is 0 Å². The number of halogens is 2. The van der Waals surface area contributed by atoms with Crippen LogP contribution in [0.5, 0.6) is 0 Å². The van der Waals surface area contributed by atoms with Crippen LogP contribution in [0, 0.1) is 11.8 Å². The summed E-state index contributed by atoms with van der Waals surface area (Å²) in [6.07, 6.45) is 3.81. The van der Waals surface area contributed by atoms with Gasteiger partial charge in [-0.05, 0) is 38.6 Å². The molecule has 2 aliphatic heterocycles. The summed E-state index contributed by atoms with van der Waals surface area (Å²) >= 11 is 0. The Balaban J connectivity index is 1.49. The Labute approximate surface area is 119 Å². The van der Waals surface area contributed by atoms with Crippen LogP contribution < -0.4 is 0 Å². The Morgan fingerprint density at radius 1 is 1.25 bits per heavy atom. The summed E-state index contributed by atoms with van der Waals surface area (Å²) in [7, 11) is 0. The molecule has 20 heavy (non-hydrogen) atoms. The molecule has 1 aliphatic carbocycles. The van der Waals surface area contributed by atoms with Crippen LogP contribution in [0.1, 0.15) is 39.0 Å². The van der Waals surface area contributed by atoms with Crippen LogP contribution in [-0.4, -0.2) is 53.9 Å². The molecule has 0 bridgehead atoms. The Morgan fingerprint density at radius 2 is 1.95 bits per heavy atom. The van der Waals surface area contributed by atoms with E-state index in [1.54, 1.807) is 0 Å². The summed E-state index contributed by atoms with van der Waals surface area (Å²) in [5, 5.41) is 0. The molecule has 0 radical (unpaired) electrons. The zero-order chi connectivity index (χ0) is 14.3. The van der Waals surface area contributed by atoms with Crippen molar-refractivity contribution in [2.24, 2.45) is 11.8 Å². The summed E-state index contributed by atoms with van der Waals surface area (Å²) < 4.78 is 27.9. The maximum atomic E-state index is 14.0. The first kappa shape index (κ1) is 14.2. The van der Waals surface area contributed by atoms with Crippen molar-refractivity contribution < 1.29 is 13.6 Å². The minimum atomic E-state index is -2.56. The highest BCUT2D eigenvalue weighted by Crippen LogP contribution is 2.40. The summed E-state index contributed by atoms with van der Waals surface area (Å²) in [6, 6.07) is 0.203. The van der Waals surface area contributed by atoms with Crippen LogP contribution in [0.3, 0.4) is 0 Å². The van der Waals surface area contributed by atoms with Crippen molar-refractivity contribution in [3.63, 3.8) is 0 Å². The van der Waals surface area contributed by atoms with Crippen molar-refractivity contribution in [3.05, 3.63) is 0 Å². The number of hydrogen-bond acceptors (Lipinski definition) is 2. The molecule has 0 aromatic carbocycles. The van der Waals surface area contributed by atoms with Crippen molar-refractivity contribution in [1.82, 2.24) is 9.80 Å². The minimum Gasteiger partial charge on any atom is -0.342 e. The lowest BCUT2D eigenvalue weighted by Gasteiger charge is -2.48. The first-order chi connectivity index (χ1) is 9.51. The molecule has 2 saturated heterocycles. The quantitative estimate of drug-likeness (QED) is 0.795. The number of piperidine rings is 1. The standard InChI is InChI=1S/C15H24F2N2O/c1-2-12-4-7-19(10-15(12,16)17)13-8-11(9-13)14(20)18-5-3-6-18/h11-13H,2-10H2,1H3/t11?,12-,13?/m1/s1. The molecule has 5 heteroatoms. The number of hydrogen-bond donors (Lipinski definition) is 0. The molecule has 0 N–H and O–H groups in total. The Morgan fingerprint density at radius 3 is 2.45 bits per heavy atom. The van der Waals surface area contributed by atoms with Gasteiger partial charge in [0, 0.05) is 31.0 Å². The molecule has 0 unspecified atom stereocenters. The van der Waals surface area contributed by atoms with E-state index in [4.69, 9.17) is 0 Å². The third-order valence-corrected chi connectivity index (χ3v) is 5.42. The number of rotatable bonds is 3. The number of nitrogens with zero attached hydrogens (tertiary/aromatic N) is 2. The average Bonchev–Trinajstić information content (AvgIpc) is 2.23. The van der Waals surface area contributed by atoms with Gasteiger partial charge in [-0.15, -0.1) is 0 Å². The van der Waals surface area contributed by atoms with Gasteiger partial charge in [0.1, 0.15) is 0 Å². The van der Waals surface area contributed by atoms with Crippen molar-refractivity contribution in [2.75, 3.05) is 26.2 Å². The summed E-state index contributed by atoms with van der Waals surface area (Å²) in [5.41, 5.74) is 0. The van der Waals surface area contributed by atoms with Crippen molar-refractivity contribution in [3.8, 4) is 0 Å². The number of likely N-dealkylation sites (tertiary alicyclic amines) is 2. The molecule has 0 aromatic heterocycles. The average molecular weight is 286 g/mol. The number of carbonyl (C=O) groups excluding carboxylic acids is 1. The zero-order valence-corrected chi connectivity index (χ0v) is 12.2. The van der Waals surface area contributed by atoms with E-state index < -0.39 is 11.8 Å². The van der Waals surface area contributed by atoms with E-state index in [0.717, 1.165) is 38.9 Å². The zero-order valence-electron chi connectivity index (χ0n) is 12.2. The smallest absolute Gasteiger partial charge is 0.263 e. The number of alkyl halides is 2. The molecule has 1 amide bonds. The van der Waals surface area contributed by atoms with Crippen molar-refractivity contribution >= 4 is 5.91 Å². The third kappa shape index (κ3) is 2.45. The van der Waals surface area contributed by atoms with Crippen LogP contribution in [0.15, 0.2) is 0 Å². The highest BCUT2D eigenvalue weighted by molar-refractivity contribution is 5.80. The molecule has 1 saturated carbocycles. The fourth-order valence-corrected chi connectivity index (χ4v) is 3.71. The van der Waals surface area contributed by atoms with E-state index >= 15 is 0 Å². The van der Waals surface area contributed by atoms with Crippen LogP contribution in [0.25, 0.3) is 0 Å². The molecule has 3 nitrogen and oxygen atoms in total. The second kappa shape index (κ2) is 5.24. The predicted molar refractivity (Wildman–Crippen MR) is 72.6 cm³/mol. The molecule has 114 valence electrons. The van der Waals surface area contributed by atoms with Crippen LogP contribution in [0.2, 0.25) is 0 Å². The second-order valence-corrected chi connectivity index (χ2v) is 6.63. The molecule has 3 rings (SSSR count). The first-order valence-corrected chi connectivity index (χ1v) is 7.92. The topological polar surface area (TPSA) is 23.6 Å². The molecule has 1 atom stereocenters. The van der Waals surface area contributed by atoms with E-state index in [2.05, 4.69) is 0 Å². The summed E-state index contributed by atoms with van der Waals surface area (Å²) in [6.45, 7) is 4.28. The monoisotopic (exact) mass is 286 g/mol. The van der Waals surface area contributed by atoms with E-state index in [-0.39, 0.29) is 24.4 Å². The van der Waals surface area contributed by atoms with Gasteiger partial charge < -0.3 is 4.90 Å². The Hall–Kier alpha value is -0.710. The van der Waals surface area contributed by atoms with Gasteiger partial charge in [0.15, 0.2) is 0 Å². The SMILES string of the molecule is CC[C@@H]1CCN(C2CC(C(=O)N3CCC3)C2)CC1(F)F. The van der Waals surface area contributed by atoms with Crippen molar-refractivity contribution in [2.45, 2.75) is 51.0 Å². The molecule has 3 aliphatic rings. The van der Waals surface area contributed by atoms with E-state index in [1.165, 1.54) is 0 Å². The third-order valence-electron chi connectivity index (χ3n) is 5.42. The van der Waals surface area contributed by atoms with Gasteiger partial charge in [-0.25, -0.2) is 8.78 Å². The van der Waals surface area contributed by atoms with E-state index in [1.807, 2.05) is 16.7 Å². The highest BCUT2D eigenvalue weighted by Gasteiger charge is 2.48. The lowest BCUT2D eigenvalue weighted by molar-refractivity contribution is -0.151. The number of amides is 1. The fourth-order valence-electron chi connectivity index (χ4n) is 3.71. The predicted octanol–water partition coefficient (Wildman–Crippen LogP) is 2.36. The number of carbonyl (C=O) groups is 1. The van der Waals surface area contributed by atoms with Crippen molar-refractivity contribution in [1.29, 1.82) is 0 Å². The van der Waals surface area contributed by atoms with Gasteiger partial charge >= 0.3 is 0 Å². The lowest BCUT2D eigenvalue weighted by atomic mass is 9.76. The van der Waals surface area contributed by atoms with E-state index in [0.29, 0.717) is 12.8 Å². The van der Waals surface area contributed by atoms with Gasteiger partial charge in [0.05, 0.1) is 6.54 Å². The highest BCUT2D eigenvalue weighted by atomic mass is 19.3. The maximum Gasteiger partial charge on any atom is 0.263 e. The first-order valence-electron chi connectivity index (χ1n) is 7.92. The Kier molecular flexibility index (Phi) is 3.73.